The molecule has 37 heavy (non-hydrogen) atoms. The summed E-state index contributed by atoms with van der Waals surface area (Å²) >= 11 is 1.61. The zero-order valence-electron chi connectivity index (χ0n) is 21.6. The first-order chi connectivity index (χ1) is 17.6. The molecule has 4 aromatic rings. The highest BCUT2D eigenvalue weighted by Crippen LogP contribution is 2.36. The lowest BCUT2D eigenvalue weighted by Gasteiger charge is -2.18. The van der Waals surface area contributed by atoms with Crippen molar-refractivity contribution in [3.8, 4) is 22.6 Å². The van der Waals surface area contributed by atoms with Crippen LogP contribution in [0.3, 0.4) is 0 Å². The number of fused-ring (bicyclic) bond motifs is 1. The van der Waals surface area contributed by atoms with E-state index in [1.54, 1.807) is 38.1 Å². The van der Waals surface area contributed by atoms with Gasteiger partial charge in [-0.15, -0.1) is 11.8 Å². The van der Waals surface area contributed by atoms with Gasteiger partial charge in [0.05, 0.1) is 30.0 Å². The Kier molecular flexibility index (Phi) is 7.91. The Morgan fingerprint density at radius 1 is 0.946 bits per heavy atom. The van der Waals surface area contributed by atoms with Gasteiger partial charge in [0, 0.05) is 36.0 Å². The van der Waals surface area contributed by atoms with Gasteiger partial charge in [-0.2, -0.15) is 0 Å². The largest absolute Gasteiger partial charge is 0.493 e. The van der Waals surface area contributed by atoms with E-state index < -0.39 is 10.0 Å². The van der Waals surface area contributed by atoms with Gasteiger partial charge in [0.25, 0.3) is 0 Å². The van der Waals surface area contributed by atoms with E-state index >= 15 is 0 Å². The fraction of sp³-hybridized carbons (Fsp3) is 0.259. The zero-order valence-corrected chi connectivity index (χ0v) is 23.3. The Labute approximate surface area is 222 Å². The molecular formula is C27H30N4O4S2. The SMILES string of the molecule is COc1cc2nc(C)nc(NC(C)Sc3cccc(-c4ccccc4S(=O)(=O)N(C)C)c3)c2cc1OC. The van der Waals surface area contributed by atoms with Gasteiger partial charge in [-0.25, -0.2) is 22.7 Å². The third kappa shape index (κ3) is 5.66. The Balaban J connectivity index is 1.63. The number of sulfonamides is 1. The number of anilines is 1. The number of hydrogen-bond donors (Lipinski definition) is 1. The molecule has 1 atom stereocenters. The first-order valence-electron chi connectivity index (χ1n) is 11.6. The molecule has 194 valence electrons. The fourth-order valence-corrected chi connectivity index (χ4v) is 6.01. The topological polar surface area (TPSA) is 93.7 Å². The predicted molar refractivity (Wildman–Crippen MR) is 149 cm³/mol. The van der Waals surface area contributed by atoms with Crippen LogP contribution in [0.5, 0.6) is 11.5 Å². The van der Waals surface area contributed by atoms with Gasteiger partial charge in [-0.05, 0) is 43.7 Å². The van der Waals surface area contributed by atoms with Crippen LogP contribution in [-0.4, -0.2) is 56.4 Å². The number of thioether (sulfide) groups is 1. The normalized spacial score (nSPS) is 12.5. The van der Waals surface area contributed by atoms with Crippen LogP contribution in [0.15, 0.2) is 70.5 Å². The van der Waals surface area contributed by atoms with E-state index in [9.17, 15) is 8.42 Å². The number of aryl methyl sites for hydroxylation is 1. The molecule has 1 N–H and O–H groups in total. The molecule has 1 aromatic heterocycles. The van der Waals surface area contributed by atoms with Crippen molar-refractivity contribution in [2.45, 2.75) is 29.0 Å². The number of methoxy groups -OCH3 is 2. The van der Waals surface area contributed by atoms with E-state index in [4.69, 9.17) is 9.47 Å². The van der Waals surface area contributed by atoms with Crippen molar-refractivity contribution in [1.29, 1.82) is 0 Å². The van der Waals surface area contributed by atoms with E-state index in [1.165, 1.54) is 18.4 Å². The lowest BCUT2D eigenvalue weighted by Crippen LogP contribution is -2.22. The summed E-state index contributed by atoms with van der Waals surface area (Å²) in [5.41, 5.74) is 2.25. The van der Waals surface area contributed by atoms with E-state index in [0.29, 0.717) is 28.7 Å². The van der Waals surface area contributed by atoms with Crippen LogP contribution in [0.25, 0.3) is 22.0 Å². The van der Waals surface area contributed by atoms with Crippen molar-refractivity contribution in [3.63, 3.8) is 0 Å². The van der Waals surface area contributed by atoms with E-state index in [1.807, 2.05) is 62.4 Å². The van der Waals surface area contributed by atoms with Gasteiger partial charge in [-0.3, -0.25) is 0 Å². The quantitative estimate of drug-likeness (QED) is 0.223. The van der Waals surface area contributed by atoms with Gasteiger partial charge in [0.15, 0.2) is 11.5 Å². The number of aromatic nitrogens is 2. The van der Waals surface area contributed by atoms with Gasteiger partial charge in [0.2, 0.25) is 10.0 Å². The second-order valence-electron chi connectivity index (χ2n) is 8.56. The predicted octanol–water partition coefficient (Wildman–Crippen LogP) is 5.42. The van der Waals surface area contributed by atoms with Crippen LogP contribution in [-0.2, 0) is 10.0 Å². The summed E-state index contributed by atoms with van der Waals surface area (Å²) < 4.78 is 37.9. The number of hydrogen-bond acceptors (Lipinski definition) is 8. The molecule has 3 aromatic carbocycles. The minimum atomic E-state index is -3.59. The molecular weight excluding hydrogens is 508 g/mol. The van der Waals surface area contributed by atoms with Crippen LogP contribution in [0.1, 0.15) is 12.7 Å². The maximum absolute atomic E-state index is 12.9. The van der Waals surface area contributed by atoms with E-state index in [-0.39, 0.29) is 10.3 Å². The molecule has 0 bridgehead atoms. The Bertz CT molecular complexity index is 1540. The summed E-state index contributed by atoms with van der Waals surface area (Å²) in [7, 11) is 2.68. The Morgan fingerprint density at radius 2 is 1.65 bits per heavy atom. The van der Waals surface area contributed by atoms with Crippen molar-refractivity contribution in [2.24, 2.45) is 0 Å². The molecule has 0 spiro atoms. The lowest BCUT2D eigenvalue weighted by atomic mass is 10.1. The highest BCUT2D eigenvalue weighted by molar-refractivity contribution is 8.00. The van der Waals surface area contributed by atoms with Gasteiger partial charge in [0.1, 0.15) is 11.6 Å². The van der Waals surface area contributed by atoms with Gasteiger partial charge >= 0.3 is 0 Å². The molecule has 0 aliphatic rings. The van der Waals surface area contributed by atoms with Gasteiger partial charge < -0.3 is 14.8 Å². The molecule has 1 heterocycles. The average Bonchev–Trinajstić information content (AvgIpc) is 2.87. The minimum absolute atomic E-state index is 0.0541. The maximum atomic E-state index is 12.9. The number of nitrogens with zero attached hydrogens (tertiary/aromatic N) is 3. The monoisotopic (exact) mass is 538 g/mol. The Hall–Kier alpha value is -3.34. The number of ether oxygens (including phenoxy) is 2. The van der Waals surface area contributed by atoms with Gasteiger partial charge in [-0.1, -0.05) is 30.3 Å². The molecule has 0 aliphatic heterocycles. The number of benzene rings is 3. The van der Waals surface area contributed by atoms with Crippen LogP contribution < -0.4 is 14.8 Å². The maximum Gasteiger partial charge on any atom is 0.243 e. The van der Waals surface area contributed by atoms with Crippen LogP contribution in [0, 0.1) is 6.92 Å². The van der Waals surface area contributed by atoms with E-state index in [0.717, 1.165) is 21.4 Å². The molecule has 1 unspecified atom stereocenters. The summed E-state index contributed by atoms with van der Waals surface area (Å²) in [6, 6.07) is 18.6. The lowest BCUT2D eigenvalue weighted by molar-refractivity contribution is 0.356. The number of nitrogens with one attached hydrogen (secondary N) is 1. The first-order valence-corrected chi connectivity index (χ1v) is 13.9. The third-order valence-corrected chi connectivity index (χ3v) is 8.63. The molecule has 10 heteroatoms. The minimum Gasteiger partial charge on any atom is -0.493 e. The standard InChI is InChI=1S/C27H30N4O4S2/c1-17-28-23-16-25(35-6)24(34-5)15-22(23)27(29-17)30-18(2)36-20-11-9-10-19(14-20)21-12-7-8-13-26(21)37(32,33)31(3)4/h7-16,18H,1-6H3,(H,28,29,30). The van der Waals surface area contributed by atoms with E-state index in [2.05, 4.69) is 15.3 Å². The number of rotatable bonds is 9. The third-order valence-electron chi connectivity index (χ3n) is 5.76. The molecule has 0 aliphatic carbocycles. The highest BCUT2D eigenvalue weighted by Gasteiger charge is 2.22. The molecule has 4 rings (SSSR count). The second-order valence-corrected chi connectivity index (χ2v) is 12.1. The van der Waals surface area contributed by atoms with Crippen molar-refractivity contribution in [3.05, 3.63) is 66.5 Å². The molecule has 0 amide bonds. The van der Waals surface area contributed by atoms with Crippen LogP contribution >= 0.6 is 11.8 Å². The highest BCUT2D eigenvalue weighted by atomic mass is 32.2. The van der Waals surface area contributed by atoms with Crippen molar-refractivity contribution in [1.82, 2.24) is 14.3 Å². The van der Waals surface area contributed by atoms with Crippen molar-refractivity contribution in [2.75, 3.05) is 33.6 Å². The Morgan fingerprint density at radius 3 is 2.35 bits per heavy atom. The average molecular weight is 539 g/mol. The van der Waals surface area contributed by atoms with Crippen molar-refractivity contribution < 1.29 is 17.9 Å². The first kappa shape index (κ1) is 26.7. The summed E-state index contributed by atoms with van der Waals surface area (Å²) in [5.74, 6) is 2.54. The molecule has 0 radical (unpaired) electrons. The zero-order chi connectivity index (χ0) is 26.7. The smallest absolute Gasteiger partial charge is 0.243 e. The summed E-state index contributed by atoms with van der Waals surface area (Å²) in [6.45, 7) is 3.90. The summed E-state index contributed by atoms with van der Waals surface area (Å²) in [5, 5.41) is 4.26. The molecule has 0 fully saturated rings. The molecule has 8 nitrogen and oxygen atoms in total. The van der Waals surface area contributed by atoms with Crippen LogP contribution in [0.4, 0.5) is 5.82 Å². The fourth-order valence-electron chi connectivity index (χ4n) is 3.97. The summed E-state index contributed by atoms with van der Waals surface area (Å²) in [6.07, 6.45) is 0. The molecule has 0 saturated heterocycles. The second kappa shape index (κ2) is 11.0. The van der Waals surface area contributed by atoms with Crippen LogP contribution in [0.2, 0.25) is 0 Å². The van der Waals surface area contributed by atoms with Crippen molar-refractivity contribution >= 4 is 38.5 Å². The molecule has 0 saturated carbocycles. The summed E-state index contributed by atoms with van der Waals surface area (Å²) in [4.78, 5) is 10.5.